The highest BCUT2D eigenvalue weighted by atomic mass is 35.5. The quantitative estimate of drug-likeness (QED) is 0.774. The van der Waals surface area contributed by atoms with Crippen molar-refractivity contribution in [1.29, 1.82) is 0 Å². The maximum atomic E-state index is 12.8. The minimum atomic E-state index is -3.44. The van der Waals surface area contributed by atoms with Gasteiger partial charge in [-0.05, 0) is 46.0 Å². The highest BCUT2D eigenvalue weighted by Gasteiger charge is 2.31. The molecule has 2 heterocycles. The summed E-state index contributed by atoms with van der Waals surface area (Å²) in [6.07, 6.45) is 3.45. The number of sulfonamides is 1. The van der Waals surface area contributed by atoms with Gasteiger partial charge in [0, 0.05) is 31.5 Å². The Morgan fingerprint density at radius 1 is 1.38 bits per heavy atom. The first-order valence-corrected chi connectivity index (χ1v) is 9.29. The van der Waals surface area contributed by atoms with Crippen LogP contribution >= 0.6 is 11.6 Å². The van der Waals surface area contributed by atoms with E-state index in [1.165, 1.54) is 4.31 Å². The van der Waals surface area contributed by atoms with Crippen LogP contribution in [0.4, 0.5) is 0 Å². The van der Waals surface area contributed by atoms with Gasteiger partial charge in [0.15, 0.2) is 0 Å². The maximum absolute atomic E-state index is 12.8. The van der Waals surface area contributed by atoms with Gasteiger partial charge in [-0.2, -0.15) is 4.31 Å². The summed E-state index contributed by atoms with van der Waals surface area (Å²) in [6, 6.07) is 1.77. The molecule has 1 aromatic heterocycles. The van der Waals surface area contributed by atoms with Gasteiger partial charge in [0.25, 0.3) is 0 Å². The molecule has 7 heteroatoms. The SMILES string of the molecule is CCn1cc(S(=O)(=O)N(C)C2CCN(C)CC2)cc1CCl. The normalized spacial score (nSPS) is 18.5. The Hall–Kier alpha value is -0.560. The van der Waals surface area contributed by atoms with E-state index in [1.807, 2.05) is 11.5 Å². The van der Waals surface area contributed by atoms with Crippen LogP contribution in [0, 0.1) is 0 Å². The van der Waals surface area contributed by atoms with E-state index >= 15 is 0 Å². The molecular weight excluding hydrogens is 310 g/mol. The average molecular weight is 334 g/mol. The fourth-order valence-electron chi connectivity index (χ4n) is 2.79. The Labute approximate surface area is 132 Å². The van der Waals surface area contributed by atoms with Crippen molar-refractivity contribution in [3.63, 3.8) is 0 Å². The molecule has 0 saturated carbocycles. The first kappa shape index (κ1) is 16.8. The molecule has 0 bridgehead atoms. The molecule has 0 atom stereocenters. The lowest BCUT2D eigenvalue weighted by atomic mass is 10.1. The lowest BCUT2D eigenvalue weighted by Gasteiger charge is -2.34. The number of aromatic nitrogens is 1. The highest BCUT2D eigenvalue weighted by Crippen LogP contribution is 2.24. The number of nitrogens with zero attached hydrogens (tertiary/aromatic N) is 3. The summed E-state index contributed by atoms with van der Waals surface area (Å²) in [6.45, 7) is 4.57. The van der Waals surface area contributed by atoms with Crippen molar-refractivity contribution < 1.29 is 8.42 Å². The molecule has 0 amide bonds. The third-order valence-electron chi connectivity index (χ3n) is 4.32. The van der Waals surface area contributed by atoms with Gasteiger partial charge < -0.3 is 9.47 Å². The van der Waals surface area contributed by atoms with Crippen LogP contribution in [0.25, 0.3) is 0 Å². The summed E-state index contributed by atoms with van der Waals surface area (Å²) in [5.41, 5.74) is 0.842. The summed E-state index contributed by atoms with van der Waals surface area (Å²) < 4.78 is 29.0. The van der Waals surface area contributed by atoms with Crippen LogP contribution in [0.3, 0.4) is 0 Å². The molecule has 1 aliphatic heterocycles. The number of likely N-dealkylation sites (tertiary alicyclic amines) is 1. The van der Waals surface area contributed by atoms with Crippen LogP contribution in [-0.4, -0.2) is 55.4 Å². The first-order chi connectivity index (χ1) is 9.90. The molecule has 21 heavy (non-hydrogen) atoms. The lowest BCUT2D eigenvalue weighted by molar-refractivity contribution is 0.197. The van der Waals surface area contributed by atoms with Gasteiger partial charge in [-0.3, -0.25) is 0 Å². The van der Waals surface area contributed by atoms with E-state index in [2.05, 4.69) is 11.9 Å². The Kier molecular flexibility index (Phi) is 5.35. The van der Waals surface area contributed by atoms with Gasteiger partial charge in [-0.15, -0.1) is 11.6 Å². The molecule has 1 fully saturated rings. The van der Waals surface area contributed by atoms with Gasteiger partial charge >= 0.3 is 0 Å². The molecular formula is C14H24ClN3O2S. The molecule has 1 aromatic rings. The van der Waals surface area contributed by atoms with Gasteiger partial charge in [0.1, 0.15) is 4.90 Å². The van der Waals surface area contributed by atoms with Crippen LogP contribution in [0.1, 0.15) is 25.5 Å². The number of halogens is 1. The summed E-state index contributed by atoms with van der Waals surface area (Å²) in [5, 5.41) is 0. The molecule has 0 spiro atoms. The zero-order valence-electron chi connectivity index (χ0n) is 12.9. The topological polar surface area (TPSA) is 45.6 Å². The second-order valence-electron chi connectivity index (χ2n) is 5.64. The molecule has 1 saturated heterocycles. The van der Waals surface area contributed by atoms with Crippen LogP contribution in [0.2, 0.25) is 0 Å². The van der Waals surface area contributed by atoms with E-state index in [0.717, 1.165) is 38.2 Å². The van der Waals surface area contributed by atoms with E-state index in [-0.39, 0.29) is 6.04 Å². The number of piperidine rings is 1. The van der Waals surface area contributed by atoms with Gasteiger partial charge in [0.05, 0.1) is 5.88 Å². The monoisotopic (exact) mass is 333 g/mol. The average Bonchev–Trinajstić information content (AvgIpc) is 2.91. The zero-order chi connectivity index (χ0) is 15.6. The van der Waals surface area contributed by atoms with Crippen molar-refractivity contribution in [2.24, 2.45) is 0 Å². The van der Waals surface area contributed by atoms with E-state index in [1.54, 1.807) is 19.3 Å². The second kappa shape index (κ2) is 6.69. The van der Waals surface area contributed by atoms with Gasteiger partial charge in [-0.1, -0.05) is 0 Å². The fraction of sp³-hybridized carbons (Fsp3) is 0.714. The minimum absolute atomic E-state index is 0.0793. The predicted molar refractivity (Wildman–Crippen MR) is 85.1 cm³/mol. The minimum Gasteiger partial charge on any atom is -0.349 e. The van der Waals surface area contributed by atoms with Crippen LogP contribution < -0.4 is 0 Å². The Balaban J connectivity index is 2.22. The van der Waals surface area contributed by atoms with Crippen molar-refractivity contribution in [2.75, 3.05) is 27.2 Å². The largest absolute Gasteiger partial charge is 0.349 e. The zero-order valence-corrected chi connectivity index (χ0v) is 14.5. The molecule has 2 rings (SSSR count). The van der Waals surface area contributed by atoms with Crippen molar-refractivity contribution in [2.45, 2.75) is 43.1 Å². The van der Waals surface area contributed by atoms with Crippen molar-refractivity contribution in [3.8, 4) is 0 Å². The van der Waals surface area contributed by atoms with Crippen molar-refractivity contribution in [3.05, 3.63) is 18.0 Å². The molecule has 120 valence electrons. The molecule has 0 aromatic carbocycles. The lowest BCUT2D eigenvalue weighted by Crippen LogP contribution is -2.44. The number of rotatable bonds is 5. The molecule has 0 aliphatic carbocycles. The third-order valence-corrected chi connectivity index (χ3v) is 6.47. The van der Waals surface area contributed by atoms with Gasteiger partial charge in [0.2, 0.25) is 10.0 Å². The van der Waals surface area contributed by atoms with Crippen molar-refractivity contribution in [1.82, 2.24) is 13.8 Å². The first-order valence-electron chi connectivity index (χ1n) is 7.31. The van der Waals surface area contributed by atoms with E-state index in [4.69, 9.17) is 11.6 Å². The van der Waals surface area contributed by atoms with Crippen LogP contribution in [0.5, 0.6) is 0 Å². The van der Waals surface area contributed by atoms with Crippen LogP contribution in [0.15, 0.2) is 17.2 Å². The van der Waals surface area contributed by atoms with Crippen LogP contribution in [-0.2, 0) is 22.4 Å². The highest BCUT2D eigenvalue weighted by molar-refractivity contribution is 7.89. The predicted octanol–water partition coefficient (Wildman–Crippen LogP) is 1.96. The molecule has 0 N–H and O–H groups in total. The number of alkyl halides is 1. The van der Waals surface area contributed by atoms with E-state index in [9.17, 15) is 8.42 Å². The number of aryl methyl sites for hydroxylation is 1. The summed E-state index contributed by atoms with van der Waals surface area (Å²) >= 11 is 5.88. The Morgan fingerprint density at radius 2 is 2.00 bits per heavy atom. The smallest absolute Gasteiger partial charge is 0.244 e. The Bertz CT molecular complexity index is 556. The summed E-state index contributed by atoms with van der Waals surface area (Å²) in [5.74, 6) is 0.321. The standard InChI is InChI=1S/C14H24ClN3O2S/c1-4-18-11-14(9-13(18)10-15)21(19,20)17(3)12-5-7-16(2)8-6-12/h9,11-12H,4-8,10H2,1-3H3. The summed E-state index contributed by atoms with van der Waals surface area (Å²) in [4.78, 5) is 2.58. The van der Waals surface area contributed by atoms with Crippen molar-refractivity contribution >= 4 is 21.6 Å². The summed E-state index contributed by atoms with van der Waals surface area (Å²) in [7, 11) is 0.315. The molecule has 0 unspecified atom stereocenters. The van der Waals surface area contributed by atoms with E-state index in [0.29, 0.717) is 10.8 Å². The maximum Gasteiger partial charge on any atom is 0.244 e. The molecule has 1 aliphatic rings. The number of hydrogen-bond acceptors (Lipinski definition) is 3. The molecule has 5 nitrogen and oxygen atoms in total. The second-order valence-corrected chi connectivity index (χ2v) is 7.91. The third kappa shape index (κ3) is 3.44. The Morgan fingerprint density at radius 3 is 2.48 bits per heavy atom. The fourth-order valence-corrected chi connectivity index (χ4v) is 4.50. The molecule has 0 radical (unpaired) electrons. The number of hydrogen-bond donors (Lipinski definition) is 0. The van der Waals surface area contributed by atoms with Gasteiger partial charge in [-0.25, -0.2) is 8.42 Å². The van der Waals surface area contributed by atoms with E-state index < -0.39 is 10.0 Å².